The number of nitrogens with zero attached hydrogens (tertiary/aromatic N) is 3. The van der Waals surface area contributed by atoms with Crippen LogP contribution in [-0.2, 0) is 5.60 Å². The molecule has 1 spiro atoms. The van der Waals surface area contributed by atoms with Crippen LogP contribution in [0.25, 0.3) is 5.69 Å². The van der Waals surface area contributed by atoms with Crippen LogP contribution in [0.4, 0.5) is 4.39 Å². The van der Waals surface area contributed by atoms with Crippen molar-refractivity contribution in [1.82, 2.24) is 9.47 Å². The number of carbonyl (C=O) groups is 1. The summed E-state index contributed by atoms with van der Waals surface area (Å²) in [6.45, 7) is 0.789. The molecular formula is C24H20FN3O3. The van der Waals surface area contributed by atoms with Crippen molar-refractivity contribution in [3.63, 3.8) is 0 Å². The Morgan fingerprint density at radius 3 is 2.65 bits per heavy atom. The average molecular weight is 417 g/mol. The van der Waals surface area contributed by atoms with Crippen molar-refractivity contribution in [2.24, 2.45) is 0 Å². The molecule has 31 heavy (non-hydrogen) atoms. The molecule has 0 bridgehead atoms. The van der Waals surface area contributed by atoms with E-state index in [4.69, 9.17) is 9.47 Å². The first kappa shape index (κ1) is 19.2. The van der Waals surface area contributed by atoms with E-state index in [2.05, 4.69) is 6.07 Å². The topological polar surface area (TPSA) is 67.5 Å². The van der Waals surface area contributed by atoms with Crippen LogP contribution in [0.15, 0.2) is 54.6 Å². The number of methoxy groups -OCH3 is 1. The highest BCUT2D eigenvalue weighted by Gasteiger charge is 2.45. The van der Waals surface area contributed by atoms with Gasteiger partial charge in [-0.3, -0.25) is 9.36 Å². The Bertz CT molecular complexity index is 1220. The summed E-state index contributed by atoms with van der Waals surface area (Å²) in [7, 11) is 1.42. The van der Waals surface area contributed by atoms with Crippen LogP contribution in [0, 0.1) is 17.1 Å². The Morgan fingerprint density at radius 2 is 1.90 bits per heavy atom. The van der Waals surface area contributed by atoms with Crippen LogP contribution in [0.1, 0.15) is 34.6 Å². The van der Waals surface area contributed by atoms with Gasteiger partial charge in [-0.25, -0.2) is 4.39 Å². The third kappa shape index (κ3) is 2.87. The number of amides is 1. The Labute approximate surface area is 179 Å². The molecule has 156 valence electrons. The van der Waals surface area contributed by atoms with Gasteiger partial charge in [0.25, 0.3) is 5.91 Å². The number of hydrogen-bond acceptors (Lipinski definition) is 4. The lowest BCUT2D eigenvalue weighted by Gasteiger charge is -2.45. The summed E-state index contributed by atoms with van der Waals surface area (Å²) in [6.07, 6.45) is 1.05. The van der Waals surface area contributed by atoms with Gasteiger partial charge in [-0.05, 0) is 36.4 Å². The fourth-order valence-corrected chi connectivity index (χ4v) is 4.60. The van der Waals surface area contributed by atoms with Gasteiger partial charge in [0.05, 0.1) is 18.5 Å². The molecule has 2 aromatic carbocycles. The van der Waals surface area contributed by atoms with E-state index in [1.165, 1.54) is 19.2 Å². The fourth-order valence-electron chi connectivity index (χ4n) is 4.60. The van der Waals surface area contributed by atoms with Crippen molar-refractivity contribution in [2.45, 2.75) is 18.4 Å². The van der Waals surface area contributed by atoms with E-state index < -0.39 is 17.3 Å². The minimum absolute atomic E-state index is 0.0500. The van der Waals surface area contributed by atoms with Gasteiger partial charge in [0.2, 0.25) is 0 Å². The molecule has 0 radical (unpaired) electrons. The van der Waals surface area contributed by atoms with E-state index in [0.29, 0.717) is 37.4 Å². The van der Waals surface area contributed by atoms with Crippen molar-refractivity contribution >= 4 is 5.91 Å². The summed E-state index contributed by atoms with van der Waals surface area (Å²) in [6, 6.07) is 18.0. The second-order valence-corrected chi connectivity index (χ2v) is 7.72. The Morgan fingerprint density at radius 1 is 1.13 bits per heavy atom. The van der Waals surface area contributed by atoms with Crippen molar-refractivity contribution in [2.75, 3.05) is 20.2 Å². The Kier molecular flexibility index (Phi) is 4.44. The van der Waals surface area contributed by atoms with Gasteiger partial charge >= 0.3 is 0 Å². The maximum Gasteiger partial charge on any atom is 0.260 e. The van der Waals surface area contributed by atoms with Crippen LogP contribution >= 0.6 is 0 Å². The number of rotatable bonds is 2. The zero-order chi connectivity index (χ0) is 21.6. The molecule has 5 rings (SSSR count). The number of benzene rings is 2. The predicted octanol–water partition coefficient (Wildman–Crippen LogP) is 4.02. The van der Waals surface area contributed by atoms with Gasteiger partial charge in [-0.2, -0.15) is 5.26 Å². The van der Waals surface area contributed by atoms with Gasteiger partial charge in [0, 0.05) is 25.9 Å². The summed E-state index contributed by atoms with van der Waals surface area (Å²) in [4.78, 5) is 14.7. The minimum Gasteiger partial charge on any atom is -0.496 e. The number of piperidine rings is 1. The van der Waals surface area contributed by atoms with Crippen LogP contribution < -0.4 is 9.47 Å². The van der Waals surface area contributed by atoms with Gasteiger partial charge in [-0.1, -0.05) is 18.2 Å². The molecule has 2 aliphatic heterocycles. The highest BCUT2D eigenvalue weighted by Crippen LogP contribution is 2.46. The van der Waals surface area contributed by atoms with Crippen molar-refractivity contribution in [1.29, 1.82) is 5.26 Å². The predicted molar refractivity (Wildman–Crippen MR) is 111 cm³/mol. The summed E-state index contributed by atoms with van der Waals surface area (Å²) >= 11 is 0. The summed E-state index contributed by atoms with van der Waals surface area (Å²) < 4.78 is 28.0. The third-order valence-corrected chi connectivity index (χ3v) is 6.14. The molecular weight excluding hydrogens is 397 g/mol. The largest absolute Gasteiger partial charge is 0.496 e. The zero-order valence-electron chi connectivity index (χ0n) is 17.0. The monoisotopic (exact) mass is 417 g/mol. The molecule has 1 aromatic heterocycles. The highest BCUT2D eigenvalue weighted by atomic mass is 19.1. The second kappa shape index (κ2) is 7.17. The Hall–Kier alpha value is -3.79. The van der Waals surface area contributed by atoms with Crippen molar-refractivity contribution in [3.8, 4) is 23.3 Å². The first-order valence-corrected chi connectivity index (χ1v) is 10.1. The lowest BCUT2D eigenvalue weighted by atomic mass is 9.86. The van der Waals surface area contributed by atoms with E-state index in [-0.39, 0.29) is 11.3 Å². The number of para-hydroxylation sites is 2. The first-order valence-electron chi connectivity index (χ1n) is 10.1. The molecule has 3 heterocycles. The van der Waals surface area contributed by atoms with Crippen molar-refractivity contribution < 1.29 is 18.7 Å². The molecule has 6 nitrogen and oxygen atoms in total. The maximum atomic E-state index is 14.4. The fraction of sp³-hybridized carbons (Fsp3) is 0.250. The molecule has 3 aromatic rings. The number of halogens is 1. The zero-order valence-corrected chi connectivity index (χ0v) is 17.0. The van der Waals surface area contributed by atoms with E-state index in [1.807, 2.05) is 34.9 Å². The first-order chi connectivity index (χ1) is 15.1. The molecule has 2 aliphatic rings. The highest BCUT2D eigenvalue weighted by molar-refractivity contribution is 5.97. The standard InChI is InChI=1S/C24H20FN3O3/c1-30-20-8-4-5-17(25)22(20)23(29)27-13-11-24(12-14-27)21-10-9-16(15-26)28(21)18-6-2-3-7-19(18)31-24/h2-10H,11-14H2,1H3. The molecule has 0 saturated carbocycles. The molecule has 1 fully saturated rings. The lowest BCUT2D eigenvalue weighted by Crippen LogP contribution is -2.50. The van der Waals surface area contributed by atoms with E-state index in [1.54, 1.807) is 17.0 Å². The molecule has 1 saturated heterocycles. The van der Waals surface area contributed by atoms with E-state index in [0.717, 1.165) is 11.4 Å². The van der Waals surface area contributed by atoms with Crippen LogP contribution in [-0.4, -0.2) is 35.6 Å². The number of hydrogen-bond donors (Lipinski definition) is 0. The number of nitriles is 1. The maximum absolute atomic E-state index is 14.4. The van der Waals surface area contributed by atoms with Gasteiger partial charge < -0.3 is 14.4 Å². The second-order valence-electron chi connectivity index (χ2n) is 7.72. The van der Waals surface area contributed by atoms with Crippen LogP contribution in [0.3, 0.4) is 0 Å². The molecule has 0 atom stereocenters. The average Bonchev–Trinajstić information content (AvgIpc) is 3.25. The number of carbonyl (C=O) groups excluding carboxylic acids is 1. The summed E-state index contributed by atoms with van der Waals surface area (Å²) in [5, 5.41) is 9.60. The minimum atomic E-state index is -0.653. The van der Waals surface area contributed by atoms with Crippen LogP contribution in [0.5, 0.6) is 11.5 Å². The third-order valence-electron chi connectivity index (χ3n) is 6.14. The number of likely N-dealkylation sites (tertiary alicyclic amines) is 1. The summed E-state index contributed by atoms with van der Waals surface area (Å²) in [5.74, 6) is -0.0620. The summed E-state index contributed by atoms with van der Waals surface area (Å²) in [5.41, 5.74) is 1.57. The van der Waals surface area contributed by atoms with Gasteiger partial charge in [-0.15, -0.1) is 0 Å². The number of fused-ring (bicyclic) bond motifs is 4. The van der Waals surface area contributed by atoms with E-state index >= 15 is 0 Å². The smallest absolute Gasteiger partial charge is 0.260 e. The molecule has 0 unspecified atom stereocenters. The number of aromatic nitrogens is 1. The lowest BCUT2D eigenvalue weighted by molar-refractivity contribution is -0.00954. The molecule has 7 heteroatoms. The van der Waals surface area contributed by atoms with Gasteiger partial charge in [0.1, 0.15) is 34.6 Å². The molecule has 0 aliphatic carbocycles. The number of ether oxygens (including phenoxy) is 2. The van der Waals surface area contributed by atoms with E-state index in [9.17, 15) is 14.4 Å². The molecule has 0 N–H and O–H groups in total. The SMILES string of the molecule is COc1cccc(F)c1C(=O)N1CCC2(CC1)Oc1ccccc1-n1c(C#N)ccc12. The van der Waals surface area contributed by atoms with Gasteiger partial charge in [0.15, 0.2) is 5.60 Å². The Balaban J connectivity index is 1.47. The quantitative estimate of drug-likeness (QED) is 0.632. The normalized spacial score (nSPS) is 16.1. The molecule has 1 amide bonds. The van der Waals surface area contributed by atoms with Crippen LogP contribution in [0.2, 0.25) is 0 Å². The van der Waals surface area contributed by atoms with Crippen molar-refractivity contribution in [3.05, 3.63) is 77.4 Å².